The quantitative estimate of drug-likeness (QED) is 0.820. The molecule has 0 aliphatic rings. The fraction of sp³-hybridized carbons (Fsp3) is 0.333. The second kappa shape index (κ2) is 6.49. The van der Waals surface area contributed by atoms with Crippen LogP contribution in [0.4, 0.5) is 4.39 Å². The van der Waals surface area contributed by atoms with Gasteiger partial charge in [-0.05, 0) is 40.0 Å². The lowest BCUT2D eigenvalue weighted by atomic mass is 10.1. The summed E-state index contributed by atoms with van der Waals surface area (Å²) in [7, 11) is 0. The van der Waals surface area contributed by atoms with Gasteiger partial charge in [0.2, 0.25) is 6.41 Å². The van der Waals surface area contributed by atoms with E-state index in [1.54, 1.807) is 0 Å². The van der Waals surface area contributed by atoms with Crippen molar-refractivity contribution >= 4 is 28.3 Å². The van der Waals surface area contributed by atoms with E-state index in [1.165, 1.54) is 23.1 Å². The molecule has 0 saturated carbocycles. The van der Waals surface area contributed by atoms with Crippen molar-refractivity contribution in [3.8, 4) is 0 Å². The van der Waals surface area contributed by atoms with Crippen LogP contribution in [0.3, 0.4) is 0 Å². The third-order valence-corrected chi connectivity index (χ3v) is 3.05. The number of nitrogens with zero attached hydrogens (tertiary/aromatic N) is 1. The average molecular weight is 318 g/mol. The van der Waals surface area contributed by atoms with E-state index in [9.17, 15) is 19.1 Å². The van der Waals surface area contributed by atoms with E-state index in [0.29, 0.717) is 24.9 Å². The average Bonchev–Trinajstić information content (AvgIpc) is 2.32. The number of carbonyl (C=O) groups is 2. The first-order valence-electron chi connectivity index (χ1n) is 5.40. The van der Waals surface area contributed by atoms with Gasteiger partial charge in [-0.1, -0.05) is 13.0 Å². The van der Waals surface area contributed by atoms with Gasteiger partial charge in [-0.25, -0.2) is 9.18 Å². The normalized spacial score (nSPS) is 11.9. The molecule has 6 heteroatoms. The summed E-state index contributed by atoms with van der Waals surface area (Å²) in [5.74, 6) is -1.62. The van der Waals surface area contributed by atoms with Crippen molar-refractivity contribution in [2.75, 3.05) is 6.54 Å². The minimum Gasteiger partial charge on any atom is -0.479 e. The molecule has 4 nitrogen and oxygen atoms in total. The summed E-state index contributed by atoms with van der Waals surface area (Å²) in [5, 5.41) is 9.21. The van der Waals surface area contributed by atoms with Gasteiger partial charge in [0.25, 0.3) is 0 Å². The van der Waals surface area contributed by atoms with Crippen molar-refractivity contribution in [3.05, 3.63) is 34.1 Å². The number of benzene rings is 1. The molecule has 1 atom stereocenters. The van der Waals surface area contributed by atoms with Gasteiger partial charge in [-0.2, -0.15) is 0 Å². The fourth-order valence-corrected chi connectivity index (χ4v) is 2.06. The van der Waals surface area contributed by atoms with Gasteiger partial charge in [0.15, 0.2) is 6.04 Å². The molecule has 1 aromatic carbocycles. The number of halogens is 2. The van der Waals surface area contributed by atoms with Gasteiger partial charge >= 0.3 is 5.97 Å². The molecule has 0 aromatic heterocycles. The lowest BCUT2D eigenvalue weighted by Crippen LogP contribution is -2.33. The number of aliphatic carboxylic acids is 1. The van der Waals surface area contributed by atoms with Gasteiger partial charge in [-0.15, -0.1) is 0 Å². The van der Waals surface area contributed by atoms with Gasteiger partial charge in [-0.3, -0.25) is 4.79 Å². The number of amides is 1. The van der Waals surface area contributed by atoms with Crippen LogP contribution in [-0.2, 0) is 9.59 Å². The molecule has 0 radical (unpaired) electrons. The van der Waals surface area contributed by atoms with Crippen LogP contribution >= 0.6 is 15.9 Å². The molecule has 0 aliphatic heterocycles. The van der Waals surface area contributed by atoms with Crippen LogP contribution in [0.5, 0.6) is 0 Å². The zero-order valence-electron chi connectivity index (χ0n) is 9.77. The molecule has 0 aliphatic carbocycles. The lowest BCUT2D eigenvalue weighted by molar-refractivity contribution is -0.146. The Morgan fingerprint density at radius 3 is 2.72 bits per heavy atom. The van der Waals surface area contributed by atoms with Crippen molar-refractivity contribution in [1.29, 1.82) is 0 Å². The van der Waals surface area contributed by atoms with E-state index in [2.05, 4.69) is 15.9 Å². The molecule has 0 fully saturated rings. The molecular formula is C12H13BrFNO3. The van der Waals surface area contributed by atoms with Crippen molar-refractivity contribution < 1.29 is 19.1 Å². The Morgan fingerprint density at radius 2 is 2.28 bits per heavy atom. The van der Waals surface area contributed by atoms with Gasteiger partial charge in [0.1, 0.15) is 5.82 Å². The molecule has 0 heterocycles. The van der Waals surface area contributed by atoms with E-state index in [-0.39, 0.29) is 4.47 Å². The number of rotatable bonds is 6. The second-order valence-electron chi connectivity index (χ2n) is 3.76. The third kappa shape index (κ3) is 3.29. The number of hydrogen-bond acceptors (Lipinski definition) is 2. The number of carboxylic acids is 1. The largest absolute Gasteiger partial charge is 0.479 e. The van der Waals surface area contributed by atoms with Crippen LogP contribution in [0.1, 0.15) is 24.9 Å². The zero-order valence-corrected chi connectivity index (χ0v) is 11.4. The molecule has 0 spiro atoms. The molecule has 1 unspecified atom stereocenters. The maximum Gasteiger partial charge on any atom is 0.331 e. The summed E-state index contributed by atoms with van der Waals surface area (Å²) in [6, 6.07) is 2.81. The molecule has 18 heavy (non-hydrogen) atoms. The predicted octanol–water partition coefficient (Wildman–Crippen LogP) is 2.58. The van der Waals surface area contributed by atoms with Gasteiger partial charge < -0.3 is 10.0 Å². The maximum absolute atomic E-state index is 13.1. The van der Waals surface area contributed by atoms with E-state index >= 15 is 0 Å². The Morgan fingerprint density at radius 1 is 1.61 bits per heavy atom. The van der Waals surface area contributed by atoms with Crippen LogP contribution in [0.2, 0.25) is 0 Å². The summed E-state index contributed by atoms with van der Waals surface area (Å²) >= 11 is 3.00. The molecule has 1 amide bonds. The molecule has 1 N–H and O–H groups in total. The molecule has 1 rings (SSSR count). The van der Waals surface area contributed by atoms with Crippen LogP contribution in [0, 0.1) is 5.82 Å². The summed E-state index contributed by atoms with van der Waals surface area (Å²) in [6.45, 7) is 2.17. The lowest BCUT2D eigenvalue weighted by Gasteiger charge is -2.25. The van der Waals surface area contributed by atoms with Gasteiger partial charge in [0, 0.05) is 6.54 Å². The van der Waals surface area contributed by atoms with Crippen molar-refractivity contribution in [3.63, 3.8) is 0 Å². The minimum absolute atomic E-state index is 0.175. The maximum atomic E-state index is 13.1. The van der Waals surface area contributed by atoms with Crippen LogP contribution in [-0.4, -0.2) is 28.9 Å². The Bertz CT molecular complexity index is 453. The molecule has 0 bridgehead atoms. The first-order chi connectivity index (χ1) is 8.51. The second-order valence-corrected chi connectivity index (χ2v) is 4.61. The predicted molar refractivity (Wildman–Crippen MR) is 67.5 cm³/mol. The summed E-state index contributed by atoms with van der Waals surface area (Å²) in [4.78, 5) is 23.4. The Labute approximate surface area is 113 Å². The number of carbonyl (C=O) groups excluding carboxylic acids is 1. The van der Waals surface area contributed by atoms with Crippen LogP contribution in [0.15, 0.2) is 22.7 Å². The smallest absolute Gasteiger partial charge is 0.331 e. The molecule has 0 saturated heterocycles. The van der Waals surface area contributed by atoms with Gasteiger partial charge in [0.05, 0.1) is 4.47 Å². The highest BCUT2D eigenvalue weighted by Gasteiger charge is 2.26. The third-order valence-electron chi connectivity index (χ3n) is 2.44. The number of hydrogen-bond donors (Lipinski definition) is 1. The fourth-order valence-electron chi connectivity index (χ4n) is 1.66. The minimum atomic E-state index is -1.14. The van der Waals surface area contributed by atoms with Crippen LogP contribution < -0.4 is 0 Å². The topological polar surface area (TPSA) is 57.6 Å². The van der Waals surface area contributed by atoms with E-state index in [0.717, 1.165) is 0 Å². The Balaban J connectivity index is 3.14. The monoisotopic (exact) mass is 317 g/mol. The van der Waals surface area contributed by atoms with E-state index in [1.807, 2.05) is 6.92 Å². The molecule has 98 valence electrons. The van der Waals surface area contributed by atoms with Crippen molar-refractivity contribution in [2.45, 2.75) is 19.4 Å². The Kier molecular flexibility index (Phi) is 5.27. The van der Waals surface area contributed by atoms with E-state index < -0.39 is 17.8 Å². The molecular weight excluding hydrogens is 305 g/mol. The summed E-state index contributed by atoms with van der Waals surface area (Å²) in [5.41, 5.74) is 0.358. The summed E-state index contributed by atoms with van der Waals surface area (Å²) in [6.07, 6.45) is 1.14. The van der Waals surface area contributed by atoms with Crippen molar-refractivity contribution in [1.82, 2.24) is 4.90 Å². The SMILES string of the molecule is CCCN(C=O)C(C(=O)O)c1ccc(F)c(Br)c1. The highest BCUT2D eigenvalue weighted by Crippen LogP contribution is 2.25. The van der Waals surface area contributed by atoms with Crippen molar-refractivity contribution in [2.24, 2.45) is 0 Å². The summed E-state index contributed by atoms with van der Waals surface area (Å²) < 4.78 is 13.3. The van der Waals surface area contributed by atoms with E-state index in [4.69, 9.17) is 0 Å². The van der Waals surface area contributed by atoms with Crippen LogP contribution in [0.25, 0.3) is 0 Å². The Hall–Kier alpha value is -1.43. The first kappa shape index (κ1) is 14.6. The first-order valence-corrected chi connectivity index (χ1v) is 6.19. The standard InChI is InChI=1S/C12H13BrFNO3/c1-2-5-15(7-16)11(12(17)18)8-3-4-10(14)9(13)6-8/h3-4,6-7,11H,2,5H2,1H3,(H,17,18). The number of carboxylic acid groups (broad SMARTS) is 1. The highest BCUT2D eigenvalue weighted by atomic mass is 79.9. The highest BCUT2D eigenvalue weighted by molar-refractivity contribution is 9.10. The zero-order chi connectivity index (χ0) is 13.7. The molecule has 1 aromatic rings.